The smallest absolute Gasteiger partial charge is 0.232 e. The van der Waals surface area contributed by atoms with Gasteiger partial charge in [0.05, 0.1) is 0 Å². The Morgan fingerprint density at radius 2 is 1.50 bits per heavy atom. The molecule has 2 aromatic rings. The van der Waals surface area contributed by atoms with Crippen LogP contribution in [0.1, 0.15) is 32.2 Å². The van der Waals surface area contributed by atoms with E-state index in [0.717, 1.165) is 11.1 Å². The summed E-state index contributed by atoms with van der Waals surface area (Å²) in [5.74, 6) is -1.12. The average molecular weight is 280 g/mol. The highest BCUT2D eigenvalue weighted by atomic mass is 19.4. The zero-order valence-corrected chi connectivity index (χ0v) is 11.5. The van der Waals surface area contributed by atoms with Crippen LogP contribution in [0.2, 0.25) is 0 Å². The molecule has 0 aliphatic heterocycles. The molecule has 0 aliphatic rings. The molecule has 2 rings (SSSR count). The van der Waals surface area contributed by atoms with Gasteiger partial charge in [-0.25, -0.2) is 9.97 Å². The number of hydrogen-bond acceptors (Lipinski definition) is 2. The van der Waals surface area contributed by atoms with Gasteiger partial charge in [0.15, 0.2) is 0 Å². The number of hydrogen-bond donors (Lipinski definition) is 0. The molecule has 0 saturated heterocycles. The summed E-state index contributed by atoms with van der Waals surface area (Å²) in [5, 5.41) is 0. The van der Waals surface area contributed by atoms with Crippen molar-refractivity contribution in [3.63, 3.8) is 0 Å². The van der Waals surface area contributed by atoms with Crippen LogP contribution in [0.4, 0.5) is 13.2 Å². The molecule has 2 nitrogen and oxygen atoms in total. The van der Waals surface area contributed by atoms with Gasteiger partial charge in [-0.1, -0.05) is 45.0 Å². The summed E-state index contributed by atoms with van der Waals surface area (Å²) in [6.07, 6.45) is -2.10. The molecule has 5 heteroatoms. The van der Waals surface area contributed by atoms with E-state index in [1.807, 2.05) is 24.3 Å². The molecule has 0 amide bonds. The third kappa shape index (κ3) is 3.15. The van der Waals surface area contributed by atoms with Crippen LogP contribution in [-0.2, 0) is 11.6 Å². The van der Waals surface area contributed by atoms with Crippen molar-refractivity contribution in [1.82, 2.24) is 9.97 Å². The minimum absolute atomic E-state index is 0.0250. The van der Waals surface area contributed by atoms with Gasteiger partial charge in [0.1, 0.15) is 0 Å². The maximum atomic E-state index is 12.4. The fourth-order valence-electron chi connectivity index (χ4n) is 1.79. The standard InChI is InChI=1S/C15H15F3N2/c1-14(2,3)12-6-4-5-10(7-12)11-8-19-13(20-9-11)15(16,17)18/h4-9H,1-3H3. The maximum absolute atomic E-state index is 12.4. The Kier molecular flexibility index (Phi) is 3.54. The minimum Gasteiger partial charge on any atom is -0.232 e. The highest BCUT2D eigenvalue weighted by Crippen LogP contribution is 2.29. The Balaban J connectivity index is 2.38. The van der Waals surface area contributed by atoms with Crippen LogP contribution in [0.25, 0.3) is 11.1 Å². The zero-order chi connectivity index (χ0) is 15.0. The molecule has 106 valence electrons. The number of alkyl halides is 3. The van der Waals surface area contributed by atoms with E-state index in [9.17, 15) is 13.2 Å². The molecular weight excluding hydrogens is 265 g/mol. The molecule has 1 heterocycles. The van der Waals surface area contributed by atoms with Gasteiger partial charge in [-0.05, 0) is 16.5 Å². The van der Waals surface area contributed by atoms with Crippen LogP contribution in [0.15, 0.2) is 36.7 Å². The van der Waals surface area contributed by atoms with E-state index in [0.29, 0.717) is 5.56 Å². The van der Waals surface area contributed by atoms with Crippen molar-refractivity contribution in [2.75, 3.05) is 0 Å². The van der Waals surface area contributed by atoms with E-state index in [1.54, 1.807) is 0 Å². The largest absolute Gasteiger partial charge is 0.451 e. The van der Waals surface area contributed by atoms with E-state index < -0.39 is 12.0 Å². The minimum atomic E-state index is -4.51. The molecule has 0 radical (unpaired) electrons. The second-order valence-corrected chi connectivity index (χ2v) is 5.62. The molecule has 0 unspecified atom stereocenters. The first-order valence-corrected chi connectivity index (χ1v) is 6.18. The number of benzene rings is 1. The first kappa shape index (κ1) is 14.5. The summed E-state index contributed by atoms with van der Waals surface area (Å²) >= 11 is 0. The summed E-state index contributed by atoms with van der Waals surface area (Å²) in [7, 11) is 0. The first-order valence-electron chi connectivity index (χ1n) is 6.18. The van der Waals surface area contributed by atoms with E-state index in [-0.39, 0.29) is 5.41 Å². The van der Waals surface area contributed by atoms with Gasteiger partial charge in [-0.15, -0.1) is 0 Å². The fraction of sp³-hybridized carbons (Fsp3) is 0.333. The van der Waals surface area contributed by atoms with Crippen LogP contribution in [0.3, 0.4) is 0 Å². The highest BCUT2D eigenvalue weighted by molar-refractivity contribution is 5.62. The zero-order valence-electron chi connectivity index (χ0n) is 11.5. The fourth-order valence-corrected chi connectivity index (χ4v) is 1.79. The average Bonchev–Trinajstić information content (AvgIpc) is 2.37. The van der Waals surface area contributed by atoms with E-state index in [1.165, 1.54) is 12.4 Å². The van der Waals surface area contributed by atoms with Crippen molar-refractivity contribution >= 4 is 0 Å². The molecular formula is C15H15F3N2. The molecule has 0 fully saturated rings. The Labute approximate surface area is 115 Å². The van der Waals surface area contributed by atoms with Gasteiger partial charge in [-0.2, -0.15) is 13.2 Å². The number of halogens is 3. The van der Waals surface area contributed by atoms with Crippen LogP contribution in [-0.4, -0.2) is 9.97 Å². The van der Waals surface area contributed by atoms with Crippen molar-refractivity contribution in [2.45, 2.75) is 32.4 Å². The molecule has 0 aliphatic carbocycles. The second kappa shape index (κ2) is 4.89. The van der Waals surface area contributed by atoms with Gasteiger partial charge in [-0.3, -0.25) is 0 Å². The lowest BCUT2D eigenvalue weighted by molar-refractivity contribution is -0.144. The quantitative estimate of drug-likeness (QED) is 0.770. The van der Waals surface area contributed by atoms with Crippen LogP contribution in [0, 0.1) is 0 Å². The lowest BCUT2D eigenvalue weighted by Gasteiger charge is -2.19. The van der Waals surface area contributed by atoms with Crippen molar-refractivity contribution in [3.05, 3.63) is 48.0 Å². The number of aromatic nitrogens is 2. The summed E-state index contributed by atoms with van der Waals surface area (Å²) < 4.78 is 37.3. The second-order valence-electron chi connectivity index (χ2n) is 5.62. The summed E-state index contributed by atoms with van der Waals surface area (Å²) in [6.45, 7) is 6.24. The molecule has 20 heavy (non-hydrogen) atoms. The Bertz CT molecular complexity index is 596. The summed E-state index contributed by atoms with van der Waals surface area (Å²) in [5.41, 5.74) is 2.47. The van der Waals surface area contributed by atoms with Crippen molar-refractivity contribution < 1.29 is 13.2 Å². The van der Waals surface area contributed by atoms with Crippen LogP contribution in [0.5, 0.6) is 0 Å². The van der Waals surface area contributed by atoms with Gasteiger partial charge < -0.3 is 0 Å². The van der Waals surface area contributed by atoms with Crippen LogP contribution >= 0.6 is 0 Å². The first-order chi connectivity index (χ1) is 9.18. The maximum Gasteiger partial charge on any atom is 0.451 e. The normalized spacial score (nSPS) is 12.5. The van der Waals surface area contributed by atoms with Gasteiger partial charge >= 0.3 is 6.18 Å². The van der Waals surface area contributed by atoms with E-state index in [4.69, 9.17) is 0 Å². The molecule has 0 N–H and O–H groups in total. The SMILES string of the molecule is CC(C)(C)c1cccc(-c2cnc(C(F)(F)F)nc2)c1. The lowest BCUT2D eigenvalue weighted by Crippen LogP contribution is -2.11. The number of rotatable bonds is 1. The number of nitrogens with zero attached hydrogens (tertiary/aromatic N) is 2. The van der Waals surface area contributed by atoms with Gasteiger partial charge in [0.2, 0.25) is 5.82 Å². The highest BCUT2D eigenvalue weighted by Gasteiger charge is 2.34. The Morgan fingerprint density at radius 1 is 0.900 bits per heavy atom. The third-order valence-corrected chi connectivity index (χ3v) is 2.97. The summed E-state index contributed by atoms with van der Waals surface area (Å²) in [6, 6.07) is 7.66. The third-order valence-electron chi connectivity index (χ3n) is 2.97. The summed E-state index contributed by atoms with van der Waals surface area (Å²) in [4.78, 5) is 6.76. The monoisotopic (exact) mass is 280 g/mol. The van der Waals surface area contributed by atoms with Crippen molar-refractivity contribution in [3.8, 4) is 11.1 Å². The molecule has 0 spiro atoms. The van der Waals surface area contributed by atoms with Crippen molar-refractivity contribution in [1.29, 1.82) is 0 Å². The Hall–Kier alpha value is -1.91. The van der Waals surface area contributed by atoms with E-state index in [2.05, 4.69) is 30.7 Å². The van der Waals surface area contributed by atoms with Crippen LogP contribution < -0.4 is 0 Å². The topological polar surface area (TPSA) is 25.8 Å². The van der Waals surface area contributed by atoms with Crippen molar-refractivity contribution in [2.24, 2.45) is 0 Å². The van der Waals surface area contributed by atoms with E-state index >= 15 is 0 Å². The van der Waals surface area contributed by atoms with Gasteiger partial charge in [0, 0.05) is 18.0 Å². The molecule has 0 atom stereocenters. The molecule has 0 bridgehead atoms. The van der Waals surface area contributed by atoms with Gasteiger partial charge in [0.25, 0.3) is 0 Å². The lowest BCUT2D eigenvalue weighted by atomic mass is 9.86. The molecule has 1 aromatic heterocycles. The Morgan fingerprint density at radius 3 is 2.00 bits per heavy atom. The predicted molar refractivity (Wildman–Crippen MR) is 71.2 cm³/mol. The molecule has 0 saturated carbocycles. The molecule has 1 aromatic carbocycles. The predicted octanol–water partition coefficient (Wildman–Crippen LogP) is 4.46.